The molecule has 0 radical (unpaired) electrons. The predicted octanol–water partition coefficient (Wildman–Crippen LogP) is 2.27. The van der Waals surface area contributed by atoms with Crippen LogP contribution in [0.3, 0.4) is 0 Å². The van der Waals surface area contributed by atoms with Gasteiger partial charge in [-0.1, -0.05) is 51.9 Å². The molecule has 0 aliphatic carbocycles. The molecule has 0 aromatic heterocycles. The van der Waals surface area contributed by atoms with Crippen LogP contribution in [0.4, 0.5) is 0 Å². The van der Waals surface area contributed by atoms with E-state index in [4.69, 9.17) is 0 Å². The largest absolute Gasteiger partial charge is 1.00 e. The molecule has 0 saturated carbocycles. The molecule has 0 rings (SSSR count). The molecule has 78 valence electrons. The fourth-order valence-electron chi connectivity index (χ4n) is 1.40. The van der Waals surface area contributed by atoms with Gasteiger partial charge in [-0.2, -0.15) is 0 Å². The smallest absolute Gasteiger partial charge is 0.550 e. The van der Waals surface area contributed by atoms with Crippen LogP contribution in [0.25, 0.3) is 0 Å². The Morgan fingerprint density at radius 2 is 1.36 bits per heavy atom. The van der Waals surface area contributed by atoms with Gasteiger partial charge in [-0.05, 0) is 12.8 Å². The Hall–Kier alpha value is 1.07. The molecule has 0 atom stereocenters. The molecule has 14 heavy (non-hydrogen) atoms. The number of hydrogen-bond acceptors (Lipinski definition) is 2. The van der Waals surface area contributed by atoms with Gasteiger partial charge in [0.25, 0.3) is 0 Å². The Labute approximate surface area is 129 Å². The Morgan fingerprint density at radius 1 is 0.929 bits per heavy atom. The quantitative estimate of drug-likeness (QED) is 0.550. The van der Waals surface area contributed by atoms with E-state index in [9.17, 15) is 9.90 Å². The van der Waals surface area contributed by atoms with Crippen molar-refractivity contribution in [1.29, 1.82) is 0 Å². The van der Waals surface area contributed by atoms with Gasteiger partial charge in [0, 0.05) is 5.97 Å². The second kappa shape index (κ2) is 14.1. The topological polar surface area (TPSA) is 40.1 Å². The van der Waals surface area contributed by atoms with Crippen LogP contribution in [-0.4, -0.2) is 5.97 Å². The second-order valence-electron chi connectivity index (χ2n) is 3.60. The van der Waals surface area contributed by atoms with Gasteiger partial charge < -0.3 is 9.90 Å². The summed E-state index contributed by atoms with van der Waals surface area (Å²) in [4.78, 5) is 10.1. The van der Waals surface area contributed by atoms with Crippen molar-refractivity contribution in [3.63, 3.8) is 0 Å². The SMILES string of the molecule is CCCCCCCCCCC(=O)[O-].[Fr+]. The van der Waals surface area contributed by atoms with Crippen molar-refractivity contribution in [2.45, 2.75) is 64.7 Å². The van der Waals surface area contributed by atoms with Gasteiger partial charge in [0.15, 0.2) is 0 Å². The maximum absolute atomic E-state index is 10.1. The van der Waals surface area contributed by atoms with Crippen LogP contribution in [0.1, 0.15) is 64.7 Å². The van der Waals surface area contributed by atoms with E-state index in [0.717, 1.165) is 12.8 Å². The zero-order valence-electron chi connectivity index (χ0n) is 9.68. The van der Waals surface area contributed by atoms with E-state index >= 15 is 0 Å². The van der Waals surface area contributed by atoms with Crippen molar-refractivity contribution in [1.82, 2.24) is 0 Å². The molecular formula is C11H21FrO2. The van der Waals surface area contributed by atoms with Crippen molar-refractivity contribution in [3.05, 3.63) is 0 Å². The number of carboxylic acids is 1. The minimum Gasteiger partial charge on any atom is -0.550 e. The molecule has 0 aromatic rings. The van der Waals surface area contributed by atoms with Crippen LogP contribution in [0.2, 0.25) is 0 Å². The Balaban J connectivity index is 0. The van der Waals surface area contributed by atoms with Crippen LogP contribution in [0, 0.1) is 49.9 Å². The number of hydrogen-bond donors (Lipinski definition) is 0. The average molecular weight is 408 g/mol. The Morgan fingerprint density at radius 3 is 1.79 bits per heavy atom. The average Bonchev–Trinajstić information content (AvgIpc) is 2.09. The van der Waals surface area contributed by atoms with Crippen molar-refractivity contribution in [2.24, 2.45) is 0 Å². The number of carbonyl (C=O) groups excluding carboxylic acids is 1. The third-order valence-electron chi connectivity index (χ3n) is 2.23. The molecule has 0 spiro atoms. The molecule has 0 bridgehead atoms. The van der Waals surface area contributed by atoms with Crippen LogP contribution < -0.4 is 5.11 Å². The fourth-order valence-corrected chi connectivity index (χ4v) is 1.40. The first-order valence-electron chi connectivity index (χ1n) is 5.47. The van der Waals surface area contributed by atoms with E-state index in [-0.39, 0.29) is 56.3 Å². The summed E-state index contributed by atoms with van der Waals surface area (Å²) in [6.45, 7) is 2.21. The molecular weight excluding hydrogens is 387 g/mol. The van der Waals surface area contributed by atoms with Crippen LogP contribution in [0.5, 0.6) is 0 Å². The van der Waals surface area contributed by atoms with Crippen molar-refractivity contribution in [3.8, 4) is 0 Å². The number of unbranched alkanes of at least 4 members (excludes halogenated alkanes) is 7. The van der Waals surface area contributed by atoms with Crippen LogP contribution >= 0.6 is 0 Å². The third-order valence-corrected chi connectivity index (χ3v) is 2.23. The zero-order valence-corrected chi connectivity index (χ0v) is 17.9. The van der Waals surface area contributed by atoms with E-state index < -0.39 is 5.97 Å². The first-order chi connectivity index (χ1) is 6.27. The maximum Gasteiger partial charge on any atom is 1.00 e. The second-order valence-corrected chi connectivity index (χ2v) is 3.60. The van der Waals surface area contributed by atoms with E-state index in [1.165, 1.54) is 38.5 Å². The number of rotatable bonds is 9. The molecule has 0 aliphatic heterocycles. The fraction of sp³-hybridized carbons (Fsp3) is 0.909. The van der Waals surface area contributed by atoms with E-state index in [1.54, 1.807) is 0 Å². The van der Waals surface area contributed by atoms with Gasteiger partial charge in [-0.15, -0.1) is 0 Å². The van der Waals surface area contributed by atoms with Gasteiger partial charge in [0.2, 0.25) is 0 Å². The van der Waals surface area contributed by atoms with Crippen molar-refractivity contribution >= 4 is 5.97 Å². The molecule has 0 heterocycles. The van der Waals surface area contributed by atoms with Crippen molar-refractivity contribution < 1.29 is 59.8 Å². The van der Waals surface area contributed by atoms with E-state index in [0.29, 0.717) is 0 Å². The van der Waals surface area contributed by atoms with Gasteiger partial charge in [-0.3, -0.25) is 0 Å². The minimum atomic E-state index is -0.911. The third kappa shape index (κ3) is 15.5. The molecule has 0 amide bonds. The summed E-state index contributed by atoms with van der Waals surface area (Å²) in [7, 11) is 0. The number of carbonyl (C=O) groups is 1. The molecule has 0 N–H and O–H groups in total. The monoisotopic (exact) mass is 408 g/mol. The molecule has 0 aromatic carbocycles. The minimum absolute atomic E-state index is 0. The molecule has 0 fully saturated rings. The molecule has 0 unspecified atom stereocenters. The Bertz CT molecular complexity index is 126. The van der Waals surface area contributed by atoms with Gasteiger partial charge in [0.05, 0.1) is 0 Å². The molecule has 2 nitrogen and oxygen atoms in total. The summed E-state index contributed by atoms with van der Waals surface area (Å²) in [6, 6.07) is 0. The van der Waals surface area contributed by atoms with Crippen LogP contribution in [-0.2, 0) is 4.79 Å². The predicted molar refractivity (Wildman–Crippen MR) is 52.2 cm³/mol. The van der Waals surface area contributed by atoms with Crippen LogP contribution in [0.15, 0.2) is 0 Å². The summed E-state index contributed by atoms with van der Waals surface area (Å²) >= 11 is 0. The van der Waals surface area contributed by atoms with Gasteiger partial charge >= 0.3 is 49.9 Å². The van der Waals surface area contributed by atoms with E-state index in [1.807, 2.05) is 0 Å². The molecule has 0 aliphatic rings. The first-order valence-corrected chi connectivity index (χ1v) is 5.47. The summed E-state index contributed by atoms with van der Waals surface area (Å²) in [5, 5.41) is 10.1. The van der Waals surface area contributed by atoms with Gasteiger partial charge in [-0.25, -0.2) is 0 Å². The molecule has 3 heteroatoms. The number of carboxylic acid groups (broad SMARTS) is 1. The summed E-state index contributed by atoms with van der Waals surface area (Å²) in [5.41, 5.74) is 0. The normalized spacial score (nSPS) is 9.50. The summed E-state index contributed by atoms with van der Waals surface area (Å²) in [5.74, 6) is -0.911. The summed E-state index contributed by atoms with van der Waals surface area (Å²) < 4.78 is 0. The summed E-state index contributed by atoms with van der Waals surface area (Å²) in [6.07, 6.45) is 9.75. The maximum atomic E-state index is 10.1. The first kappa shape index (κ1) is 17.5. The van der Waals surface area contributed by atoms with Crippen molar-refractivity contribution in [2.75, 3.05) is 0 Å². The number of aliphatic carboxylic acids is 1. The van der Waals surface area contributed by atoms with Gasteiger partial charge in [0.1, 0.15) is 0 Å². The van der Waals surface area contributed by atoms with E-state index in [2.05, 4.69) is 6.92 Å². The molecule has 0 saturated heterocycles. The standard InChI is InChI=1S/C11H22O2.Fr/c1-2-3-4-5-6-7-8-9-10-11(12)13;/h2-10H2,1H3,(H,12,13);/q;+1/p-1. The Kier molecular flexibility index (Phi) is 17.5. The zero-order chi connectivity index (χ0) is 9.94.